The number of carbonyl (C=O) groups is 2. The highest BCUT2D eigenvalue weighted by molar-refractivity contribution is 6.30. The third kappa shape index (κ3) is 5.46. The van der Waals surface area contributed by atoms with E-state index in [1.54, 1.807) is 29.2 Å². The lowest BCUT2D eigenvalue weighted by atomic mass is 10.1. The van der Waals surface area contributed by atoms with Gasteiger partial charge >= 0.3 is 6.03 Å². The number of carbonyl (C=O) groups excluding carboxylic acids is 2. The van der Waals surface area contributed by atoms with Crippen LogP contribution < -0.4 is 10.6 Å². The molecule has 0 aliphatic carbocycles. The fraction of sp³-hybridized carbons (Fsp3) is 0.381. The van der Waals surface area contributed by atoms with Crippen LogP contribution in [-0.4, -0.2) is 58.9 Å². The largest absolute Gasteiger partial charge is 0.322 e. The van der Waals surface area contributed by atoms with Crippen molar-refractivity contribution >= 4 is 35.0 Å². The van der Waals surface area contributed by atoms with Gasteiger partial charge < -0.3 is 15.5 Å². The predicted octanol–water partition coefficient (Wildman–Crippen LogP) is 3.85. The fourth-order valence-corrected chi connectivity index (χ4v) is 3.34. The average molecular weight is 416 g/mol. The Morgan fingerprint density at radius 3 is 2.41 bits per heavy atom. The molecular weight excluding hydrogens is 390 g/mol. The number of anilines is 2. The molecule has 1 aromatic heterocycles. The fourth-order valence-electron chi connectivity index (χ4n) is 3.22. The van der Waals surface area contributed by atoms with Crippen molar-refractivity contribution in [3.05, 3.63) is 52.7 Å². The van der Waals surface area contributed by atoms with E-state index in [1.807, 2.05) is 13.0 Å². The standard InChI is InChI=1S/C21H26ClN5O2/c1-14(2)26-8-10-27(11-9-26)21(29)24-18-6-4-15(3)12-17(18)20(28)25-19-7-5-16(22)13-23-19/h4-7,12-14H,8-11H2,1-3H3,(H,24,29)(H,23,25,28). The number of pyridine rings is 1. The summed E-state index contributed by atoms with van der Waals surface area (Å²) in [4.78, 5) is 33.7. The summed E-state index contributed by atoms with van der Waals surface area (Å²) in [6.45, 7) is 9.21. The predicted molar refractivity (Wildman–Crippen MR) is 116 cm³/mol. The van der Waals surface area contributed by atoms with Crippen LogP contribution in [0.1, 0.15) is 29.8 Å². The molecule has 7 nitrogen and oxygen atoms in total. The number of aromatic nitrogens is 1. The van der Waals surface area contributed by atoms with Gasteiger partial charge in [0.2, 0.25) is 0 Å². The molecule has 2 heterocycles. The van der Waals surface area contributed by atoms with Crippen molar-refractivity contribution in [1.82, 2.24) is 14.8 Å². The SMILES string of the molecule is Cc1ccc(NC(=O)N2CCN(C(C)C)CC2)c(C(=O)Nc2ccc(Cl)cn2)c1. The van der Waals surface area contributed by atoms with Gasteiger partial charge in [-0.05, 0) is 45.0 Å². The summed E-state index contributed by atoms with van der Waals surface area (Å²) in [5.41, 5.74) is 1.78. The van der Waals surface area contributed by atoms with E-state index in [0.717, 1.165) is 18.7 Å². The first kappa shape index (κ1) is 21.1. The molecular formula is C21H26ClN5O2. The minimum Gasteiger partial charge on any atom is -0.322 e. The van der Waals surface area contributed by atoms with Crippen LogP contribution in [-0.2, 0) is 0 Å². The van der Waals surface area contributed by atoms with Crippen LogP contribution in [0.3, 0.4) is 0 Å². The van der Waals surface area contributed by atoms with Crippen LogP contribution in [0.5, 0.6) is 0 Å². The Labute approximate surface area is 176 Å². The molecule has 1 fully saturated rings. The van der Waals surface area contributed by atoms with Gasteiger partial charge in [0.25, 0.3) is 5.91 Å². The normalized spacial score (nSPS) is 14.7. The van der Waals surface area contributed by atoms with Gasteiger partial charge in [0, 0.05) is 38.4 Å². The second-order valence-electron chi connectivity index (χ2n) is 7.41. The lowest BCUT2D eigenvalue weighted by Crippen LogP contribution is -2.51. The molecule has 1 saturated heterocycles. The molecule has 2 N–H and O–H groups in total. The zero-order valence-electron chi connectivity index (χ0n) is 16.9. The molecule has 1 aliphatic heterocycles. The van der Waals surface area contributed by atoms with Crippen LogP contribution in [0, 0.1) is 6.92 Å². The van der Waals surface area contributed by atoms with Gasteiger partial charge in [-0.2, -0.15) is 0 Å². The van der Waals surface area contributed by atoms with E-state index < -0.39 is 0 Å². The first-order chi connectivity index (χ1) is 13.8. The minimum atomic E-state index is -0.344. The first-order valence-electron chi connectivity index (χ1n) is 9.67. The number of rotatable bonds is 4. The van der Waals surface area contributed by atoms with Crippen LogP contribution in [0.4, 0.5) is 16.3 Å². The Morgan fingerprint density at radius 1 is 1.07 bits per heavy atom. The first-order valence-corrected chi connectivity index (χ1v) is 10.0. The highest BCUT2D eigenvalue weighted by atomic mass is 35.5. The van der Waals surface area contributed by atoms with E-state index >= 15 is 0 Å². The van der Waals surface area contributed by atoms with E-state index in [1.165, 1.54) is 6.20 Å². The number of aryl methyl sites for hydroxylation is 1. The molecule has 3 amide bonds. The number of nitrogens with zero attached hydrogens (tertiary/aromatic N) is 3. The maximum absolute atomic E-state index is 12.8. The van der Waals surface area contributed by atoms with Crippen LogP contribution in [0.15, 0.2) is 36.5 Å². The summed E-state index contributed by atoms with van der Waals surface area (Å²) >= 11 is 5.84. The number of benzene rings is 1. The zero-order valence-corrected chi connectivity index (χ0v) is 17.7. The molecule has 0 radical (unpaired) electrons. The molecule has 8 heteroatoms. The van der Waals surface area contributed by atoms with Crippen LogP contribution in [0.25, 0.3) is 0 Å². The van der Waals surface area contributed by atoms with Gasteiger partial charge in [-0.15, -0.1) is 0 Å². The summed E-state index contributed by atoms with van der Waals surface area (Å²) in [5.74, 6) is 0.0476. The Bertz CT molecular complexity index is 877. The monoisotopic (exact) mass is 415 g/mol. The maximum Gasteiger partial charge on any atom is 0.321 e. The Hall–Kier alpha value is -2.64. The second-order valence-corrected chi connectivity index (χ2v) is 7.85. The molecule has 154 valence electrons. The van der Waals surface area contributed by atoms with E-state index in [4.69, 9.17) is 11.6 Å². The zero-order chi connectivity index (χ0) is 21.0. The van der Waals surface area contributed by atoms with Gasteiger partial charge in [-0.1, -0.05) is 23.2 Å². The minimum absolute atomic E-state index is 0.198. The maximum atomic E-state index is 12.8. The highest BCUT2D eigenvalue weighted by Crippen LogP contribution is 2.20. The number of amides is 3. The molecule has 29 heavy (non-hydrogen) atoms. The molecule has 1 aliphatic rings. The molecule has 0 unspecified atom stereocenters. The van der Waals surface area contributed by atoms with Gasteiger partial charge in [0.15, 0.2) is 0 Å². The van der Waals surface area contributed by atoms with E-state index in [2.05, 4.69) is 34.4 Å². The van der Waals surface area contributed by atoms with Crippen molar-refractivity contribution < 1.29 is 9.59 Å². The summed E-state index contributed by atoms with van der Waals surface area (Å²) in [7, 11) is 0. The van der Waals surface area contributed by atoms with Crippen molar-refractivity contribution in [2.45, 2.75) is 26.8 Å². The summed E-state index contributed by atoms with van der Waals surface area (Å²) in [5, 5.41) is 6.13. The summed E-state index contributed by atoms with van der Waals surface area (Å²) in [6, 6.07) is 8.91. The number of hydrogen-bond acceptors (Lipinski definition) is 4. The number of urea groups is 1. The van der Waals surface area contributed by atoms with Crippen LogP contribution in [0.2, 0.25) is 5.02 Å². The molecule has 1 aromatic carbocycles. The van der Waals surface area contributed by atoms with Crippen molar-refractivity contribution in [1.29, 1.82) is 0 Å². The Morgan fingerprint density at radius 2 is 1.79 bits per heavy atom. The van der Waals surface area contributed by atoms with E-state index in [-0.39, 0.29) is 11.9 Å². The number of piperazine rings is 1. The summed E-state index contributed by atoms with van der Waals surface area (Å²) in [6.07, 6.45) is 1.47. The van der Waals surface area contributed by atoms with E-state index in [9.17, 15) is 9.59 Å². The smallest absolute Gasteiger partial charge is 0.321 e. The van der Waals surface area contributed by atoms with Gasteiger partial charge in [-0.3, -0.25) is 9.69 Å². The number of halogens is 1. The molecule has 0 bridgehead atoms. The third-order valence-electron chi connectivity index (χ3n) is 4.96. The lowest BCUT2D eigenvalue weighted by Gasteiger charge is -2.36. The molecule has 0 saturated carbocycles. The highest BCUT2D eigenvalue weighted by Gasteiger charge is 2.23. The third-order valence-corrected chi connectivity index (χ3v) is 5.19. The number of nitrogens with one attached hydrogen (secondary N) is 2. The lowest BCUT2D eigenvalue weighted by molar-refractivity contribution is 0.102. The molecule has 2 aromatic rings. The Balaban J connectivity index is 1.70. The van der Waals surface area contributed by atoms with Crippen molar-refractivity contribution in [3.8, 4) is 0 Å². The van der Waals surface area contributed by atoms with Crippen molar-refractivity contribution in [2.24, 2.45) is 0 Å². The second kappa shape index (κ2) is 9.24. The van der Waals surface area contributed by atoms with Gasteiger partial charge in [0.1, 0.15) is 5.82 Å². The van der Waals surface area contributed by atoms with Crippen molar-refractivity contribution in [3.63, 3.8) is 0 Å². The Kier molecular flexibility index (Phi) is 6.71. The number of hydrogen-bond donors (Lipinski definition) is 2. The van der Waals surface area contributed by atoms with Gasteiger partial charge in [-0.25, -0.2) is 9.78 Å². The topological polar surface area (TPSA) is 77.6 Å². The molecule has 0 spiro atoms. The quantitative estimate of drug-likeness (QED) is 0.795. The summed E-state index contributed by atoms with van der Waals surface area (Å²) < 4.78 is 0. The van der Waals surface area contributed by atoms with E-state index in [0.29, 0.717) is 41.2 Å². The molecule has 0 atom stereocenters. The average Bonchev–Trinajstić information content (AvgIpc) is 2.71. The van der Waals surface area contributed by atoms with Crippen molar-refractivity contribution in [2.75, 3.05) is 36.8 Å². The molecule has 3 rings (SSSR count). The van der Waals surface area contributed by atoms with Crippen LogP contribution >= 0.6 is 11.6 Å². The van der Waals surface area contributed by atoms with Gasteiger partial charge in [0.05, 0.1) is 16.3 Å².